The van der Waals surface area contributed by atoms with Gasteiger partial charge in [0.2, 0.25) is 0 Å². The van der Waals surface area contributed by atoms with Crippen molar-refractivity contribution in [1.82, 2.24) is 15.0 Å². The van der Waals surface area contributed by atoms with Crippen LogP contribution in [-0.2, 0) is 11.3 Å². The van der Waals surface area contributed by atoms with Crippen LogP contribution in [0.15, 0.2) is 48.5 Å². The van der Waals surface area contributed by atoms with E-state index in [2.05, 4.69) is 15.6 Å². The van der Waals surface area contributed by atoms with Crippen LogP contribution in [0.3, 0.4) is 0 Å². The fraction of sp³-hybridized carbons (Fsp3) is 0.118. The van der Waals surface area contributed by atoms with E-state index in [0.29, 0.717) is 22.1 Å². The molecule has 0 atom stereocenters. The first-order chi connectivity index (χ1) is 12.1. The number of carbonyl (C=O) groups is 1. The van der Waals surface area contributed by atoms with Crippen molar-refractivity contribution in [2.75, 3.05) is 12.4 Å². The number of halogens is 2. The molecule has 128 valence electrons. The van der Waals surface area contributed by atoms with Crippen LogP contribution in [-0.4, -0.2) is 28.0 Å². The quantitative estimate of drug-likeness (QED) is 0.756. The van der Waals surface area contributed by atoms with Gasteiger partial charge in [-0.05, 0) is 48.5 Å². The predicted molar refractivity (Wildman–Crippen MR) is 91.4 cm³/mol. The lowest BCUT2D eigenvalue weighted by molar-refractivity contribution is 0.101. The lowest BCUT2D eigenvalue weighted by atomic mass is 10.2. The van der Waals surface area contributed by atoms with Crippen molar-refractivity contribution in [3.05, 3.63) is 70.8 Å². The topological polar surface area (TPSA) is 69.0 Å². The zero-order valence-electron chi connectivity index (χ0n) is 13.2. The van der Waals surface area contributed by atoms with Crippen molar-refractivity contribution in [3.63, 3.8) is 0 Å². The molecule has 0 radical (unpaired) electrons. The summed E-state index contributed by atoms with van der Waals surface area (Å²) in [5, 5.41) is 11.2. The van der Waals surface area contributed by atoms with Crippen LogP contribution in [0.4, 0.5) is 10.1 Å². The Kier molecular flexibility index (Phi) is 5.06. The lowest BCUT2D eigenvalue weighted by Crippen LogP contribution is -2.16. The highest BCUT2D eigenvalue weighted by molar-refractivity contribution is 6.30. The Labute approximate surface area is 148 Å². The molecule has 1 aromatic heterocycles. The average Bonchev–Trinajstić information content (AvgIpc) is 3.02. The number of methoxy groups -OCH3 is 1. The van der Waals surface area contributed by atoms with E-state index < -0.39 is 5.91 Å². The summed E-state index contributed by atoms with van der Waals surface area (Å²) in [5.74, 6) is -0.842. The number of hydrogen-bond donors (Lipinski definition) is 1. The Morgan fingerprint density at radius 3 is 2.52 bits per heavy atom. The molecule has 3 rings (SSSR count). The van der Waals surface area contributed by atoms with Gasteiger partial charge >= 0.3 is 0 Å². The van der Waals surface area contributed by atoms with Gasteiger partial charge < -0.3 is 10.1 Å². The minimum atomic E-state index is -0.459. The van der Waals surface area contributed by atoms with Gasteiger partial charge in [0.1, 0.15) is 11.5 Å². The Morgan fingerprint density at radius 2 is 1.88 bits per heavy atom. The fourth-order valence-corrected chi connectivity index (χ4v) is 2.38. The van der Waals surface area contributed by atoms with Crippen molar-refractivity contribution in [2.24, 2.45) is 0 Å². The third kappa shape index (κ3) is 3.84. The van der Waals surface area contributed by atoms with E-state index in [1.807, 2.05) is 0 Å². The molecular weight excluding hydrogens is 347 g/mol. The van der Waals surface area contributed by atoms with Crippen molar-refractivity contribution >= 4 is 23.2 Å². The first-order valence-corrected chi connectivity index (χ1v) is 7.72. The number of benzene rings is 2. The summed E-state index contributed by atoms with van der Waals surface area (Å²) in [5.41, 5.74) is 1.77. The van der Waals surface area contributed by atoms with Crippen molar-refractivity contribution < 1.29 is 13.9 Å². The summed E-state index contributed by atoms with van der Waals surface area (Å²) in [6.45, 7) is 0.141. The summed E-state index contributed by atoms with van der Waals surface area (Å²) in [7, 11) is 1.51. The van der Waals surface area contributed by atoms with Gasteiger partial charge in [0.15, 0.2) is 5.69 Å². The predicted octanol–water partition coefficient (Wildman–Crippen LogP) is 3.46. The highest BCUT2D eigenvalue weighted by atomic mass is 35.5. The lowest BCUT2D eigenvalue weighted by Gasteiger charge is -2.08. The maximum atomic E-state index is 13.0. The molecule has 1 N–H and O–H groups in total. The van der Waals surface area contributed by atoms with Gasteiger partial charge in [0, 0.05) is 17.8 Å². The third-order valence-electron chi connectivity index (χ3n) is 3.43. The third-order valence-corrected chi connectivity index (χ3v) is 3.68. The molecule has 1 heterocycles. The number of rotatable bonds is 5. The summed E-state index contributed by atoms with van der Waals surface area (Å²) >= 11 is 5.90. The number of nitrogens with zero attached hydrogens (tertiary/aromatic N) is 3. The second kappa shape index (κ2) is 7.42. The maximum absolute atomic E-state index is 13.0. The van der Waals surface area contributed by atoms with E-state index in [1.165, 1.54) is 36.1 Å². The first kappa shape index (κ1) is 17.1. The number of carbonyl (C=O) groups excluding carboxylic acids is 1. The average molecular weight is 361 g/mol. The molecule has 0 bridgehead atoms. The summed E-state index contributed by atoms with van der Waals surface area (Å²) in [4.78, 5) is 12.5. The standard InChI is InChI=1S/C17H14ClFN4O2/c1-25-10-15-16(17(24)20-13-6-4-12(19)5-7-13)21-22-23(15)14-8-2-11(18)3-9-14/h2-9H,10H2,1H3,(H,20,24). The number of nitrogens with one attached hydrogen (secondary N) is 1. The summed E-state index contributed by atoms with van der Waals surface area (Å²) in [6.07, 6.45) is 0. The van der Waals surface area contributed by atoms with Crippen LogP contribution in [0, 0.1) is 5.82 Å². The van der Waals surface area contributed by atoms with Crippen LogP contribution >= 0.6 is 11.6 Å². The van der Waals surface area contributed by atoms with Crippen LogP contribution in [0.5, 0.6) is 0 Å². The second-order valence-corrected chi connectivity index (χ2v) is 5.60. The molecule has 1 amide bonds. The Bertz CT molecular complexity index is 879. The molecule has 0 aliphatic rings. The van der Waals surface area contributed by atoms with E-state index in [1.54, 1.807) is 24.3 Å². The van der Waals surface area contributed by atoms with Gasteiger partial charge in [-0.15, -0.1) is 5.10 Å². The summed E-state index contributed by atoms with van der Waals surface area (Å²) < 4.78 is 19.7. The van der Waals surface area contributed by atoms with E-state index in [9.17, 15) is 9.18 Å². The largest absolute Gasteiger partial charge is 0.378 e. The van der Waals surface area contributed by atoms with Gasteiger partial charge in [-0.25, -0.2) is 9.07 Å². The van der Waals surface area contributed by atoms with Crippen molar-refractivity contribution in [3.8, 4) is 5.69 Å². The molecule has 2 aromatic carbocycles. The number of ether oxygens (including phenoxy) is 1. The molecule has 3 aromatic rings. The Hall–Kier alpha value is -2.77. The molecule has 0 saturated heterocycles. The fourth-order valence-electron chi connectivity index (χ4n) is 2.26. The Balaban J connectivity index is 1.91. The minimum absolute atomic E-state index is 0.126. The molecule has 0 aliphatic carbocycles. The minimum Gasteiger partial charge on any atom is -0.378 e. The number of hydrogen-bond acceptors (Lipinski definition) is 4. The zero-order valence-corrected chi connectivity index (χ0v) is 14.0. The van der Waals surface area contributed by atoms with Crippen LogP contribution in [0.2, 0.25) is 5.02 Å². The van der Waals surface area contributed by atoms with Crippen LogP contribution in [0.25, 0.3) is 5.69 Å². The molecule has 0 aliphatic heterocycles. The molecule has 8 heteroatoms. The highest BCUT2D eigenvalue weighted by Crippen LogP contribution is 2.18. The molecule has 0 fully saturated rings. The highest BCUT2D eigenvalue weighted by Gasteiger charge is 2.20. The van der Waals surface area contributed by atoms with Gasteiger partial charge in [0.25, 0.3) is 5.91 Å². The molecule has 25 heavy (non-hydrogen) atoms. The second-order valence-electron chi connectivity index (χ2n) is 5.17. The molecule has 0 saturated carbocycles. The first-order valence-electron chi connectivity index (χ1n) is 7.35. The molecular formula is C17H14ClFN4O2. The maximum Gasteiger partial charge on any atom is 0.278 e. The van der Waals surface area contributed by atoms with E-state index >= 15 is 0 Å². The molecule has 0 spiro atoms. The number of amides is 1. The normalized spacial score (nSPS) is 10.7. The molecule has 6 nitrogen and oxygen atoms in total. The van der Waals surface area contributed by atoms with Gasteiger partial charge in [-0.1, -0.05) is 16.8 Å². The van der Waals surface area contributed by atoms with Crippen molar-refractivity contribution in [1.29, 1.82) is 0 Å². The number of aromatic nitrogens is 3. The van der Waals surface area contributed by atoms with Gasteiger partial charge in [-0.3, -0.25) is 4.79 Å². The SMILES string of the molecule is COCc1c(C(=O)Nc2ccc(F)cc2)nnn1-c1ccc(Cl)cc1. The molecule has 0 unspecified atom stereocenters. The number of anilines is 1. The zero-order chi connectivity index (χ0) is 17.8. The summed E-state index contributed by atoms with van der Waals surface area (Å²) in [6, 6.07) is 12.4. The van der Waals surface area contributed by atoms with E-state index in [-0.39, 0.29) is 18.1 Å². The van der Waals surface area contributed by atoms with Crippen LogP contribution in [0.1, 0.15) is 16.2 Å². The van der Waals surface area contributed by atoms with Gasteiger partial charge in [-0.2, -0.15) is 0 Å². The van der Waals surface area contributed by atoms with E-state index in [4.69, 9.17) is 16.3 Å². The van der Waals surface area contributed by atoms with Crippen LogP contribution < -0.4 is 5.32 Å². The smallest absolute Gasteiger partial charge is 0.278 e. The van der Waals surface area contributed by atoms with E-state index in [0.717, 1.165) is 0 Å². The van der Waals surface area contributed by atoms with Crippen molar-refractivity contribution in [2.45, 2.75) is 6.61 Å². The van der Waals surface area contributed by atoms with Gasteiger partial charge in [0.05, 0.1) is 12.3 Å². The Morgan fingerprint density at radius 1 is 1.20 bits per heavy atom. The monoisotopic (exact) mass is 360 g/mol.